The molecule has 0 atom stereocenters. The highest BCUT2D eigenvalue weighted by molar-refractivity contribution is 6.34. The largest absolute Gasteiger partial charge is 0.417 e. The van der Waals surface area contributed by atoms with Crippen LogP contribution in [0.4, 0.5) is 0 Å². The van der Waals surface area contributed by atoms with E-state index >= 15 is 0 Å². The third-order valence-electron chi connectivity index (χ3n) is 1.86. The lowest BCUT2D eigenvalue weighted by Gasteiger charge is -1.96. The Morgan fingerprint density at radius 1 is 1.50 bits per heavy atom. The Bertz CT molecular complexity index is 540. The standard InChI is InChI=1S/C9H6ClNO3/c10-6-3-5(1-2-12)4-7-8(6)11-9(13)14-7/h2-4H,1H2,(H,11,13). The van der Waals surface area contributed by atoms with Gasteiger partial charge in [-0.15, -0.1) is 0 Å². The zero-order valence-corrected chi connectivity index (χ0v) is 7.80. The molecule has 4 nitrogen and oxygen atoms in total. The van der Waals surface area contributed by atoms with Gasteiger partial charge in [0.2, 0.25) is 0 Å². The van der Waals surface area contributed by atoms with Crippen molar-refractivity contribution in [3.8, 4) is 0 Å². The van der Waals surface area contributed by atoms with Crippen molar-refractivity contribution in [1.82, 2.24) is 4.98 Å². The van der Waals surface area contributed by atoms with Crippen LogP contribution in [-0.4, -0.2) is 11.3 Å². The fraction of sp³-hybridized carbons (Fsp3) is 0.111. The van der Waals surface area contributed by atoms with Gasteiger partial charge in [0.25, 0.3) is 0 Å². The van der Waals surface area contributed by atoms with E-state index in [-0.39, 0.29) is 6.42 Å². The minimum absolute atomic E-state index is 0.255. The van der Waals surface area contributed by atoms with Crippen LogP contribution in [0.5, 0.6) is 0 Å². The number of hydrogen-bond acceptors (Lipinski definition) is 3. The van der Waals surface area contributed by atoms with Crippen LogP contribution < -0.4 is 5.76 Å². The molecule has 14 heavy (non-hydrogen) atoms. The Morgan fingerprint density at radius 3 is 3.00 bits per heavy atom. The molecule has 0 unspecified atom stereocenters. The molecule has 1 N–H and O–H groups in total. The van der Waals surface area contributed by atoms with Crippen molar-refractivity contribution in [3.05, 3.63) is 33.3 Å². The number of carbonyl (C=O) groups excluding carboxylic acids is 1. The summed E-state index contributed by atoms with van der Waals surface area (Å²) in [5.41, 5.74) is 1.56. The normalized spacial score (nSPS) is 10.6. The average molecular weight is 212 g/mol. The number of benzene rings is 1. The second-order valence-corrected chi connectivity index (χ2v) is 3.24. The first-order chi connectivity index (χ1) is 6.70. The average Bonchev–Trinajstić information content (AvgIpc) is 2.47. The quantitative estimate of drug-likeness (QED) is 0.766. The summed E-state index contributed by atoms with van der Waals surface area (Å²) in [6.07, 6.45) is 1.02. The summed E-state index contributed by atoms with van der Waals surface area (Å²) < 4.78 is 4.82. The van der Waals surface area contributed by atoms with Crippen LogP contribution in [0.1, 0.15) is 5.56 Å². The number of aromatic amines is 1. The van der Waals surface area contributed by atoms with Crippen LogP contribution in [-0.2, 0) is 11.2 Å². The fourth-order valence-electron chi connectivity index (χ4n) is 1.28. The molecule has 2 aromatic rings. The van der Waals surface area contributed by atoms with E-state index in [0.29, 0.717) is 16.1 Å². The van der Waals surface area contributed by atoms with Gasteiger partial charge in [0.05, 0.1) is 5.02 Å². The van der Waals surface area contributed by atoms with E-state index in [2.05, 4.69) is 4.98 Å². The van der Waals surface area contributed by atoms with Crippen molar-refractivity contribution in [1.29, 1.82) is 0 Å². The number of carbonyl (C=O) groups is 1. The van der Waals surface area contributed by atoms with Crippen molar-refractivity contribution in [3.63, 3.8) is 0 Å². The van der Waals surface area contributed by atoms with Crippen molar-refractivity contribution in [2.75, 3.05) is 0 Å². The Morgan fingerprint density at radius 2 is 2.29 bits per heavy atom. The number of aldehydes is 1. The van der Waals surface area contributed by atoms with E-state index in [0.717, 1.165) is 11.8 Å². The monoisotopic (exact) mass is 211 g/mol. The van der Waals surface area contributed by atoms with Crippen LogP contribution >= 0.6 is 11.6 Å². The maximum absolute atomic E-state index is 10.9. The molecule has 0 amide bonds. The maximum Gasteiger partial charge on any atom is 0.417 e. The molecule has 0 aliphatic rings. The van der Waals surface area contributed by atoms with Crippen molar-refractivity contribution < 1.29 is 9.21 Å². The van der Waals surface area contributed by atoms with E-state index in [1.165, 1.54) is 0 Å². The van der Waals surface area contributed by atoms with Gasteiger partial charge in [-0.3, -0.25) is 4.98 Å². The van der Waals surface area contributed by atoms with Crippen LogP contribution in [0.15, 0.2) is 21.3 Å². The van der Waals surface area contributed by atoms with Gasteiger partial charge in [0.15, 0.2) is 5.58 Å². The number of fused-ring (bicyclic) bond motifs is 1. The Kier molecular flexibility index (Phi) is 2.13. The van der Waals surface area contributed by atoms with Gasteiger partial charge in [0.1, 0.15) is 11.8 Å². The third-order valence-corrected chi connectivity index (χ3v) is 2.16. The Balaban J connectivity index is 2.70. The first-order valence-corrected chi connectivity index (χ1v) is 4.33. The lowest BCUT2D eigenvalue weighted by molar-refractivity contribution is -0.107. The molecule has 1 heterocycles. The molecule has 5 heteroatoms. The van der Waals surface area contributed by atoms with E-state index < -0.39 is 5.76 Å². The van der Waals surface area contributed by atoms with E-state index in [1.54, 1.807) is 12.1 Å². The number of rotatable bonds is 2. The molecule has 72 valence electrons. The molecular formula is C9H6ClNO3. The van der Waals surface area contributed by atoms with Gasteiger partial charge in [-0.1, -0.05) is 11.6 Å². The molecule has 1 aromatic heterocycles. The lowest BCUT2D eigenvalue weighted by atomic mass is 10.1. The SMILES string of the molecule is O=CCc1cc(Cl)c2[nH]c(=O)oc2c1. The predicted molar refractivity (Wildman–Crippen MR) is 51.6 cm³/mol. The number of H-pyrrole nitrogens is 1. The molecule has 0 saturated carbocycles. The first-order valence-electron chi connectivity index (χ1n) is 3.95. The summed E-state index contributed by atoms with van der Waals surface area (Å²) in [5, 5.41) is 0.380. The molecule has 0 bridgehead atoms. The van der Waals surface area contributed by atoms with Gasteiger partial charge < -0.3 is 9.21 Å². The topological polar surface area (TPSA) is 63.1 Å². The second-order valence-electron chi connectivity index (χ2n) is 2.84. The smallest absolute Gasteiger partial charge is 0.408 e. The summed E-state index contributed by atoms with van der Waals surface area (Å²) >= 11 is 5.87. The summed E-state index contributed by atoms with van der Waals surface area (Å²) in [4.78, 5) is 23.6. The molecular weight excluding hydrogens is 206 g/mol. The minimum atomic E-state index is -0.551. The van der Waals surface area contributed by atoms with Gasteiger partial charge in [-0.05, 0) is 17.7 Å². The number of aromatic nitrogens is 1. The molecule has 2 rings (SSSR count). The second kappa shape index (κ2) is 3.31. The summed E-state index contributed by atoms with van der Waals surface area (Å²) in [5.74, 6) is -0.551. The molecule has 0 radical (unpaired) electrons. The zero-order valence-electron chi connectivity index (χ0n) is 7.04. The highest BCUT2D eigenvalue weighted by Crippen LogP contribution is 2.22. The molecule has 0 aliphatic heterocycles. The van der Waals surface area contributed by atoms with Gasteiger partial charge in [-0.25, -0.2) is 4.79 Å². The number of hydrogen-bond donors (Lipinski definition) is 1. The van der Waals surface area contributed by atoms with Crippen molar-refractivity contribution in [2.45, 2.75) is 6.42 Å². The van der Waals surface area contributed by atoms with Crippen LogP contribution in [0, 0.1) is 0 Å². The molecule has 0 fully saturated rings. The molecule has 0 spiro atoms. The van der Waals surface area contributed by atoms with Crippen LogP contribution in [0.25, 0.3) is 11.1 Å². The van der Waals surface area contributed by atoms with Crippen LogP contribution in [0.3, 0.4) is 0 Å². The predicted octanol–water partition coefficient (Wildman–Crippen LogP) is 1.52. The van der Waals surface area contributed by atoms with E-state index in [1.807, 2.05) is 0 Å². The highest BCUT2D eigenvalue weighted by Gasteiger charge is 2.07. The summed E-state index contributed by atoms with van der Waals surface area (Å²) in [7, 11) is 0. The van der Waals surface area contributed by atoms with Gasteiger partial charge >= 0.3 is 5.76 Å². The zero-order chi connectivity index (χ0) is 10.1. The number of nitrogens with one attached hydrogen (secondary N) is 1. The number of oxazole rings is 1. The third kappa shape index (κ3) is 1.44. The Labute approximate surface area is 83.5 Å². The minimum Gasteiger partial charge on any atom is -0.408 e. The van der Waals surface area contributed by atoms with Gasteiger partial charge in [0, 0.05) is 6.42 Å². The molecule has 0 saturated heterocycles. The van der Waals surface area contributed by atoms with Crippen LogP contribution in [0.2, 0.25) is 5.02 Å². The summed E-state index contributed by atoms with van der Waals surface area (Å²) in [6.45, 7) is 0. The highest BCUT2D eigenvalue weighted by atomic mass is 35.5. The summed E-state index contributed by atoms with van der Waals surface area (Å²) in [6, 6.07) is 3.25. The van der Waals surface area contributed by atoms with Gasteiger partial charge in [-0.2, -0.15) is 0 Å². The lowest BCUT2D eigenvalue weighted by Crippen LogP contribution is -1.93. The fourth-order valence-corrected chi connectivity index (χ4v) is 1.56. The first kappa shape index (κ1) is 9.02. The maximum atomic E-state index is 10.9. The Hall–Kier alpha value is -1.55. The number of halogens is 1. The van der Waals surface area contributed by atoms with E-state index in [9.17, 15) is 9.59 Å². The van der Waals surface area contributed by atoms with Crippen molar-refractivity contribution in [2.24, 2.45) is 0 Å². The molecule has 1 aromatic carbocycles. The van der Waals surface area contributed by atoms with Crippen molar-refractivity contribution >= 4 is 29.0 Å². The molecule has 0 aliphatic carbocycles. The van der Waals surface area contributed by atoms with E-state index in [4.69, 9.17) is 16.0 Å².